The fraction of sp³-hybridized carbons (Fsp3) is 0.308. The van der Waals surface area contributed by atoms with Gasteiger partial charge < -0.3 is 9.47 Å². The van der Waals surface area contributed by atoms with E-state index in [0.29, 0.717) is 12.0 Å². The molecule has 0 bridgehead atoms. The quantitative estimate of drug-likeness (QED) is 0.240. The van der Waals surface area contributed by atoms with Gasteiger partial charge in [0.25, 0.3) is 0 Å². The maximum absolute atomic E-state index is 5.50. The molecule has 8 heteroatoms. The Morgan fingerprint density at radius 2 is 1.71 bits per heavy atom. The summed E-state index contributed by atoms with van der Waals surface area (Å²) in [7, 11) is 5.06. The van der Waals surface area contributed by atoms with Gasteiger partial charge in [-0.05, 0) is 36.1 Å². The van der Waals surface area contributed by atoms with Crippen molar-refractivity contribution in [1.82, 2.24) is 18.8 Å². The summed E-state index contributed by atoms with van der Waals surface area (Å²) in [5.41, 5.74) is 6.72. The molecule has 6 nitrogen and oxygen atoms in total. The van der Waals surface area contributed by atoms with Gasteiger partial charge in [-0.2, -0.15) is 0 Å². The van der Waals surface area contributed by atoms with Crippen molar-refractivity contribution in [2.45, 2.75) is 25.5 Å². The average Bonchev–Trinajstić information content (AvgIpc) is 3.27. The molecular weight excluding hydrogens is 559 g/mol. The maximum Gasteiger partial charge on any atom is 0.212 e. The molecule has 1 aliphatic heterocycles. The molecule has 1 aliphatic rings. The Labute approximate surface area is 216 Å². The van der Waals surface area contributed by atoms with E-state index in [9.17, 15) is 0 Å². The fourth-order valence-electron chi connectivity index (χ4n) is 4.54. The number of piperidine rings is 1. The highest BCUT2D eigenvalue weighted by molar-refractivity contribution is 14.2. The third kappa shape index (κ3) is 4.95. The van der Waals surface area contributed by atoms with Crippen LogP contribution in [0.5, 0.6) is 5.88 Å². The van der Waals surface area contributed by atoms with Gasteiger partial charge in [-0.1, -0.05) is 24.3 Å². The van der Waals surface area contributed by atoms with E-state index < -0.39 is 0 Å². The number of ether oxygens (including phenoxy) is 2. The van der Waals surface area contributed by atoms with Crippen molar-refractivity contribution in [3.63, 3.8) is 0 Å². The monoisotopic (exact) mass is 586 g/mol. The van der Waals surface area contributed by atoms with E-state index in [4.69, 9.17) is 14.5 Å². The van der Waals surface area contributed by atoms with E-state index >= 15 is 0 Å². The SMILES string of the molecule is COc1ccc(-c2cn(SI)c3ncc(-c4ccc(CN5CCC(OC)CC5)cc4)cc23)cn1. The van der Waals surface area contributed by atoms with Crippen molar-refractivity contribution >= 4 is 41.4 Å². The van der Waals surface area contributed by atoms with Crippen LogP contribution >= 0.6 is 30.3 Å². The second-order valence-corrected chi connectivity index (χ2v) is 10.2. The van der Waals surface area contributed by atoms with Crippen LogP contribution in [-0.2, 0) is 11.3 Å². The predicted molar refractivity (Wildman–Crippen MR) is 147 cm³/mol. The number of benzene rings is 1. The minimum absolute atomic E-state index is 0.417. The highest BCUT2D eigenvalue weighted by Crippen LogP contribution is 2.36. The molecule has 0 unspecified atom stereocenters. The molecule has 0 saturated carbocycles. The number of hydrogen-bond donors (Lipinski definition) is 0. The minimum Gasteiger partial charge on any atom is -0.481 e. The summed E-state index contributed by atoms with van der Waals surface area (Å²) in [6.07, 6.45) is 8.58. The molecule has 0 amide bonds. The number of hydrogen-bond acceptors (Lipinski definition) is 6. The fourth-order valence-corrected chi connectivity index (χ4v) is 5.80. The van der Waals surface area contributed by atoms with Crippen molar-refractivity contribution in [3.05, 3.63) is 66.6 Å². The van der Waals surface area contributed by atoms with Gasteiger partial charge in [0.2, 0.25) is 5.88 Å². The van der Waals surface area contributed by atoms with Gasteiger partial charge >= 0.3 is 0 Å². The van der Waals surface area contributed by atoms with Gasteiger partial charge in [0.05, 0.1) is 13.2 Å². The van der Waals surface area contributed by atoms with Crippen LogP contribution < -0.4 is 4.74 Å². The summed E-state index contributed by atoms with van der Waals surface area (Å²) in [6, 6.07) is 15.1. The van der Waals surface area contributed by atoms with E-state index in [1.807, 2.05) is 31.6 Å². The number of fused-ring (bicyclic) bond motifs is 1. The summed E-state index contributed by atoms with van der Waals surface area (Å²) in [5, 5.41) is 1.11. The summed E-state index contributed by atoms with van der Waals surface area (Å²) in [5.74, 6) is 0.609. The molecule has 1 aromatic carbocycles. The van der Waals surface area contributed by atoms with Crippen LogP contribution in [0.25, 0.3) is 33.3 Å². The number of methoxy groups -OCH3 is 2. The predicted octanol–water partition coefficient (Wildman–Crippen LogP) is 6.23. The topological polar surface area (TPSA) is 52.4 Å². The van der Waals surface area contributed by atoms with Crippen LogP contribution in [0.2, 0.25) is 0 Å². The first-order valence-electron chi connectivity index (χ1n) is 11.3. The molecule has 5 rings (SSSR count). The Balaban J connectivity index is 1.40. The van der Waals surface area contributed by atoms with Crippen LogP contribution in [0.3, 0.4) is 0 Å². The molecule has 0 N–H and O–H groups in total. The van der Waals surface area contributed by atoms with Crippen molar-refractivity contribution in [1.29, 1.82) is 0 Å². The van der Waals surface area contributed by atoms with E-state index in [1.54, 1.807) is 16.2 Å². The molecule has 3 aromatic heterocycles. The molecule has 34 heavy (non-hydrogen) atoms. The lowest BCUT2D eigenvalue weighted by atomic mass is 10.0. The van der Waals surface area contributed by atoms with Crippen molar-refractivity contribution < 1.29 is 9.47 Å². The van der Waals surface area contributed by atoms with E-state index in [0.717, 1.165) is 60.2 Å². The van der Waals surface area contributed by atoms with Gasteiger partial charge in [-0.3, -0.25) is 8.87 Å². The number of rotatable bonds is 7. The van der Waals surface area contributed by atoms with Gasteiger partial charge in [-0.15, -0.1) is 0 Å². The van der Waals surface area contributed by atoms with Gasteiger partial charge in [0.1, 0.15) is 0 Å². The Bertz CT molecular complexity index is 1250. The van der Waals surface area contributed by atoms with Crippen molar-refractivity contribution in [3.8, 4) is 28.1 Å². The standard InChI is InChI=1S/C26H27IN4O2S/c1-32-22-9-11-30(12-10-22)16-18-3-5-19(6-4-18)21-13-23-24(17-31(34-27)26(23)29-15-21)20-7-8-25(33-2)28-14-20/h3-8,13-15,17,22H,9-12,16H2,1-2H3. The molecule has 1 saturated heterocycles. The molecule has 0 atom stereocenters. The lowest BCUT2D eigenvalue weighted by Crippen LogP contribution is -2.36. The number of halogens is 1. The normalized spacial score (nSPS) is 15.1. The second kappa shape index (κ2) is 10.6. The highest BCUT2D eigenvalue weighted by atomic mass is 127. The van der Waals surface area contributed by atoms with Crippen molar-refractivity contribution in [2.75, 3.05) is 27.3 Å². The zero-order valence-corrected chi connectivity index (χ0v) is 22.3. The third-order valence-corrected chi connectivity index (χ3v) is 8.20. The summed E-state index contributed by atoms with van der Waals surface area (Å²) in [6.45, 7) is 3.17. The molecule has 0 radical (unpaired) electrons. The number of aromatic nitrogens is 3. The van der Waals surface area contributed by atoms with Crippen LogP contribution in [-0.4, -0.2) is 52.3 Å². The lowest BCUT2D eigenvalue weighted by molar-refractivity contribution is 0.0389. The Morgan fingerprint density at radius 1 is 0.971 bits per heavy atom. The molecular formula is C26H27IN4O2S. The average molecular weight is 586 g/mol. The van der Waals surface area contributed by atoms with E-state index in [2.05, 4.69) is 71.6 Å². The van der Waals surface area contributed by atoms with E-state index in [-0.39, 0.29) is 0 Å². The first-order valence-corrected chi connectivity index (χ1v) is 14.6. The van der Waals surface area contributed by atoms with E-state index in [1.165, 1.54) is 11.1 Å². The Kier molecular flexibility index (Phi) is 7.38. The number of nitrogens with zero attached hydrogens (tertiary/aromatic N) is 4. The number of likely N-dealkylation sites (tertiary alicyclic amines) is 1. The molecule has 176 valence electrons. The Hall–Kier alpha value is -2.14. The highest BCUT2D eigenvalue weighted by Gasteiger charge is 2.19. The molecule has 0 aliphatic carbocycles. The summed E-state index contributed by atoms with van der Waals surface area (Å²) >= 11 is 2.29. The van der Waals surface area contributed by atoms with Gasteiger partial charge in [-0.25, -0.2) is 9.97 Å². The second-order valence-electron chi connectivity index (χ2n) is 8.53. The van der Waals surface area contributed by atoms with Gasteiger partial charge in [0.15, 0.2) is 5.65 Å². The van der Waals surface area contributed by atoms with Gasteiger partial charge in [0, 0.05) is 104 Å². The summed E-state index contributed by atoms with van der Waals surface area (Å²) < 4.78 is 12.8. The minimum atomic E-state index is 0.417. The van der Waals surface area contributed by atoms with Crippen LogP contribution in [0.15, 0.2) is 61.1 Å². The number of pyridine rings is 2. The summed E-state index contributed by atoms with van der Waals surface area (Å²) in [4.78, 5) is 11.7. The molecule has 0 spiro atoms. The maximum atomic E-state index is 5.50. The third-order valence-electron chi connectivity index (χ3n) is 6.50. The first kappa shape index (κ1) is 23.6. The zero-order chi connectivity index (χ0) is 23.5. The van der Waals surface area contributed by atoms with Crippen LogP contribution in [0, 0.1) is 0 Å². The van der Waals surface area contributed by atoms with Crippen LogP contribution in [0.4, 0.5) is 0 Å². The first-order chi connectivity index (χ1) is 16.7. The largest absolute Gasteiger partial charge is 0.481 e. The molecule has 4 aromatic rings. The Morgan fingerprint density at radius 3 is 2.35 bits per heavy atom. The van der Waals surface area contributed by atoms with Crippen LogP contribution in [0.1, 0.15) is 18.4 Å². The zero-order valence-electron chi connectivity index (χ0n) is 19.3. The smallest absolute Gasteiger partial charge is 0.212 e. The molecule has 4 heterocycles. The lowest BCUT2D eigenvalue weighted by Gasteiger charge is -2.31. The molecule has 1 fully saturated rings. The van der Waals surface area contributed by atoms with Crippen molar-refractivity contribution in [2.24, 2.45) is 0 Å².